The largest absolute Gasteiger partial charge is 0.507 e. The third-order valence-electron chi connectivity index (χ3n) is 3.04. The van der Waals surface area contributed by atoms with Crippen LogP contribution in [-0.2, 0) is 10.8 Å². The van der Waals surface area contributed by atoms with Gasteiger partial charge in [-0.05, 0) is 54.5 Å². The molecule has 0 saturated carbocycles. The first kappa shape index (κ1) is 21.0. The summed E-state index contributed by atoms with van der Waals surface area (Å²) in [5.41, 5.74) is 3.26. The van der Waals surface area contributed by atoms with Crippen LogP contribution >= 0.6 is 25.6 Å². The van der Waals surface area contributed by atoms with Gasteiger partial charge in [0.1, 0.15) is 5.75 Å². The van der Waals surface area contributed by atoms with E-state index in [1.807, 2.05) is 0 Å². The van der Waals surface area contributed by atoms with Crippen molar-refractivity contribution in [3.63, 3.8) is 0 Å². The summed E-state index contributed by atoms with van der Waals surface area (Å²) < 4.78 is 0.472. The fraction of sp³-hybridized carbons (Fsp3) is 0.562. The predicted octanol–water partition coefficient (Wildman–Crippen LogP) is 4.95. The van der Waals surface area contributed by atoms with Gasteiger partial charge < -0.3 is 10.2 Å². The minimum absolute atomic E-state index is 0.0178. The van der Waals surface area contributed by atoms with Gasteiger partial charge in [0.05, 0.1) is 0 Å². The second kappa shape index (κ2) is 7.51. The van der Waals surface area contributed by atoms with Crippen LogP contribution in [0.5, 0.6) is 5.75 Å². The van der Waals surface area contributed by atoms with E-state index in [-0.39, 0.29) is 10.8 Å². The summed E-state index contributed by atoms with van der Waals surface area (Å²) in [7, 11) is 0. The normalized spacial score (nSPS) is 11.5. The van der Waals surface area contributed by atoms with Crippen LogP contribution in [0.25, 0.3) is 0 Å². The Hall–Kier alpha value is -1.01. The maximum absolute atomic E-state index is 10.4. The van der Waals surface area contributed by atoms with Crippen molar-refractivity contribution in [2.24, 2.45) is 0 Å². The molecule has 0 aliphatic rings. The van der Waals surface area contributed by atoms with Gasteiger partial charge in [0.2, 0.25) is 0 Å². The highest BCUT2D eigenvalue weighted by Gasteiger charge is 2.25. The second-order valence-corrected chi connectivity index (χ2v) is 8.40. The van der Waals surface area contributed by atoms with Crippen molar-refractivity contribution in [3.05, 3.63) is 28.8 Å². The van der Waals surface area contributed by atoms with Gasteiger partial charge in [-0.2, -0.15) is 3.71 Å². The number of hydrogen-bond acceptors (Lipinski definition) is 4. The Balaban J connectivity index is 0.000000626. The molecule has 0 aliphatic carbocycles. The fourth-order valence-corrected chi connectivity index (χ4v) is 1.92. The molecule has 22 heavy (non-hydrogen) atoms. The lowest BCUT2D eigenvalue weighted by Gasteiger charge is -2.27. The molecule has 4 nitrogen and oxygen atoms in total. The number of amides is 1. The minimum atomic E-state index is -1.18. The van der Waals surface area contributed by atoms with Crippen LogP contribution in [0.3, 0.4) is 0 Å². The number of thiol groups is 2. The lowest BCUT2D eigenvalue weighted by Crippen LogP contribution is -2.17. The van der Waals surface area contributed by atoms with Crippen molar-refractivity contribution in [2.75, 3.05) is 0 Å². The summed E-state index contributed by atoms with van der Waals surface area (Å²) >= 11 is 6.58. The highest BCUT2D eigenvalue weighted by atomic mass is 32.2. The molecular formula is C16H27NO3S2. The van der Waals surface area contributed by atoms with E-state index < -0.39 is 6.09 Å². The quantitative estimate of drug-likeness (QED) is 0.503. The molecule has 0 bridgehead atoms. The molecule has 0 heterocycles. The number of benzene rings is 1. The standard InChI is InChI=1S/C15H24O.CH3NO2S2/c1-10-8-11(14(2,3)4)13(16)12(9-10)15(5,6)7;3-1(4)2(5)6/h8-9,16H,1-7H3;5-6H,(H,3,4). The molecule has 1 aromatic carbocycles. The number of rotatable bonds is 0. The number of phenolic OH excluding ortho intramolecular Hbond substituents is 1. The topological polar surface area (TPSA) is 60.8 Å². The van der Waals surface area contributed by atoms with Gasteiger partial charge in [-0.3, -0.25) is 0 Å². The van der Waals surface area contributed by atoms with Crippen molar-refractivity contribution in [2.45, 2.75) is 59.3 Å². The van der Waals surface area contributed by atoms with Crippen molar-refractivity contribution in [1.82, 2.24) is 3.71 Å². The highest BCUT2D eigenvalue weighted by Crippen LogP contribution is 2.39. The molecule has 1 aromatic rings. The van der Waals surface area contributed by atoms with E-state index >= 15 is 0 Å². The molecule has 0 aliphatic heterocycles. The van der Waals surface area contributed by atoms with E-state index in [0.717, 1.165) is 11.1 Å². The zero-order chi connectivity index (χ0) is 17.9. The fourth-order valence-electron chi connectivity index (χ4n) is 1.92. The van der Waals surface area contributed by atoms with Crippen molar-refractivity contribution < 1.29 is 15.0 Å². The summed E-state index contributed by atoms with van der Waals surface area (Å²) in [5.74, 6) is 0.464. The number of aromatic hydroxyl groups is 1. The van der Waals surface area contributed by atoms with E-state index in [1.165, 1.54) is 5.56 Å². The Morgan fingerprint density at radius 2 is 1.27 bits per heavy atom. The monoisotopic (exact) mass is 345 g/mol. The molecule has 0 fully saturated rings. The maximum Gasteiger partial charge on any atom is 0.427 e. The lowest BCUT2D eigenvalue weighted by atomic mass is 9.78. The Bertz CT molecular complexity index is 494. The van der Waals surface area contributed by atoms with Crippen molar-refractivity contribution >= 4 is 31.7 Å². The number of phenols is 1. The molecule has 0 saturated heterocycles. The smallest absolute Gasteiger partial charge is 0.427 e. The van der Waals surface area contributed by atoms with E-state index in [4.69, 9.17) is 5.11 Å². The van der Waals surface area contributed by atoms with Crippen molar-refractivity contribution in [3.8, 4) is 5.75 Å². The molecule has 0 spiro atoms. The molecule has 0 unspecified atom stereocenters. The first-order chi connectivity index (χ1) is 9.67. The number of aryl methyl sites for hydroxylation is 1. The summed E-state index contributed by atoms with van der Waals surface area (Å²) in [5, 5.41) is 18.1. The third kappa shape index (κ3) is 6.40. The van der Waals surface area contributed by atoms with Gasteiger partial charge in [0.25, 0.3) is 0 Å². The first-order valence-corrected chi connectivity index (χ1v) is 7.73. The van der Waals surface area contributed by atoms with Crippen LogP contribution in [0.15, 0.2) is 12.1 Å². The van der Waals surface area contributed by atoms with Crippen LogP contribution in [0.4, 0.5) is 4.79 Å². The van der Waals surface area contributed by atoms with Gasteiger partial charge in [-0.25, -0.2) is 4.79 Å². The van der Waals surface area contributed by atoms with Crippen LogP contribution in [-0.4, -0.2) is 20.0 Å². The Labute approximate surface area is 144 Å². The number of carboxylic acid groups (broad SMARTS) is 1. The maximum atomic E-state index is 10.4. The number of nitrogens with zero attached hydrogens (tertiary/aromatic N) is 1. The van der Waals surface area contributed by atoms with Gasteiger partial charge in [-0.15, -0.1) is 0 Å². The number of hydrogen-bond donors (Lipinski definition) is 4. The summed E-state index contributed by atoms with van der Waals surface area (Å²) in [4.78, 5) is 9.47. The van der Waals surface area contributed by atoms with Crippen molar-refractivity contribution in [1.29, 1.82) is 0 Å². The Morgan fingerprint density at radius 3 is 1.45 bits per heavy atom. The lowest BCUT2D eigenvalue weighted by molar-refractivity contribution is 0.191. The van der Waals surface area contributed by atoms with E-state index in [9.17, 15) is 9.90 Å². The van der Waals surface area contributed by atoms with Gasteiger partial charge >= 0.3 is 6.09 Å². The molecule has 1 amide bonds. The van der Waals surface area contributed by atoms with E-state index in [1.54, 1.807) is 0 Å². The van der Waals surface area contributed by atoms with Gasteiger partial charge in [-0.1, -0.05) is 59.2 Å². The second-order valence-electron chi connectivity index (χ2n) is 7.28. The molecule has 126 valence electrons. The van der Waals surface area contributed by atoms with Crippen LogP contribution in [0.1, 0.15) is 58.2 Å². The summed E-state index contributed by atoms with van der Waals surface area (Å²) in [6, 6.07) is 4.18. The van der Waals surface area contributed by atoms with Crippen LogP contribution in [0.2, 0.25) is 0 Å². The first-order valence-electron chi connectivity index (χ1n) is 6.93. The Kier molecular flexibility index (Phi) is 7.16. The van der Waals surface area contributed by atoms with E-state index in [0.29, 0.717) is 9.46 Å². The van der Waals surface area contributed by atoms with Gasteiger partial charge in [0, 0.05) is 0 Å². The summed E-state index contributed by atoms with van der Waals surface area (Å²) in [6.45, 7) is 14.9. The minimum Gasteiger partial charge on any atom is -0.507 e. The molecule has 0 atom stereocenters. The van der Waals surface area contributed by atoms with Crippen LogP contribution in [0, 0.1) is 6.92 Å². The molecule has 0 radical (unpaired) electrons. The third-order valence-corrected chi connectivity index (χ3v) is 3.38. The average Bonchev–Trinajstić information content (AvgIpc) is 2.29. The zero-order valence-electron chi connectivity index (χ0n) is 14.3. The van der Waals surface area contributed by atoms with Gasteiger partial charge in [0.15, 0.2) is 0 Å². The average molecular weight is 346 g/mol. The summed E-state index contributed by atoms with van der Waals surface area (Å²) in [6.07, 6.45) is -1.18. The van der Waals surface area contributed by atoms with E-state index in [2.05, 4.69) is 86.2 Å². The zero-order valence-corrected chi connectivity index (χ0v) is 16.1. The Morgan fingerprint density at radius 1 is 1.00 bits per heavy atom. The molecule has 0 aromatic heterocycles. The SMILES string of the molecule is Cc1cc(C(C)(C)C)c(O)c(C(C)(C)C)c1.O=C(O)N(S)S. The predicted molar refractivity (Wildman–Crippen MR) is 98.1 cm³/mol. The molecule has 2 N–H and O–H groups in total. The molecule has 6 heteroatoms. The van der Waals surface area contributed by atoms with Crippen LogP contribution < -0.4 is 0 Å². The molecule has 1 rings (SSSR count). The molecular weight excluding hydrogens is 318 g/mol. The highest BCUT2D eigenvalue weighted by molar-refractivity contribution is 7.94. The number of carbonyl (C=O) groups is 1.